The highest BCUT2D eigenvalue weighted by molar-refractivity contribution is 6.05. The number of aliphatic hydroxyl groups excluding tert-OH is 1. The number of rotatable bonds is 8. The van der Waals surface area contributed by atoms with Crippen molar-refractivity contribution in [2.24, 2.45) is 11.8 Å². The van der Waals surface area contributed by atoms with Gasteiger partial charge in [0, 0.05) is 12.2 Å². The minimum atomic E-state index is -1.13. The first-order valence-electron chi connectivity index (χ1n) is 12.0. The molecule has 1 N–H and O–H groups in total. The number of aliphatic hydroxyl groups is 1. The van der Waals surface area contributed by atoms with Gasteiger partial charge in [0.1, 0.15) is 11.6 Å². The summed E-state index contributed by atoms with van der Waals surface area (Å²) in [6.07, 6.45) is 2.26. The van der Waals surface area contributed by atoms with E-state index in [1.165, 1.54) is 4.90 Å². The molecule has 3 saturated heterocycles. The molecule has 8 heteroatoms. The summed E-state index contributed by atoms with van der Waals surface area (Å²) in [6, 6.07) is 4.24. The third-order valence-corrected chi connectivity index (χ3v) is 7.56. The lowest BCUT2D eigenvalue weighted by atomic mass is 9.70. The Bertz CT molecular complexity index is 989. The molecule has 2 amide bonds. The topological polar surface area (TPSA) is 96.4 Å². The van der Waals surface area contributed by atoms with Crippen LogP contribution in [0.3, 0.4) is 0 Å². The van der Waals surface area contributed by atoms with E-state index in [1.807, 2.05) is 32.0 Å². The summed E-state index contributed by atoms with van der Waals surface area (Å²) >= 11 is 0. The van der Waals surface area contributed by atoms with Crippen molar-refractivity contribution in [3.05, 3.63) is 42.0 Å². The van der Waals surface area contributed by atoms with Gasteiger partial charge in [-0.15, -0.1) is 6.58 Å². The summed E-state index contributed by atoms with van der Waals surface area (Å²) < 4.78 is 11.7. The lowest BCUT2D eigenvalue weighted by Crippen LogP contribution is -2.58. The summed E-state index contributed by atoms with van der Waals surface area (Å²) in [7, 11) is 0. The van der Waals surface area contributed by atoms with Crippen LogP contribution in [0, 0.1) is 25.7 Å². The van der Waals surface area contributed by atoms with Gasteiger partial charge < -0.3 is 24.4 Å². The first kappa shape index (κ1) is 24.4. The third-order valence-electron chi connectivity index (χ3n) is 7.56. The fraction of sp³-hybridized carbons (Fsp3) is 0.577. The molecule has 8 nitrogen and oxygen atoms in total. The van der Waals surface area contributed by atoms with Crippen LogP contribution < -0.4 is 4.90 Å². The van der Waals surface area contributed by atoms with Crippen molar-refractivity contribution < 1.29 is 29.0 Å². The Balaban J connectivity index is 1.83. The number of para-hydroxylation sites is 1. The number of likely N-dealkylation sites (tertiary alicyclic amines) is 1. The minimum absolute atomic E-state index is 0.203. The maximum absolute atomic E-state index is 14.4. The molecule has 1 spiro atoms. The van der Waals surface area contributed by atoms with E-state index in [0.717, 1.165) is 16.8 Å². The van der Waals surface area contributed by atoms with E-state index in [4.69, 9.17) is 9.47 Å². The third kappa shape index (κ3) is 3.46. The van der Waals surface area contributed by atoms with Crippen molar-refractivity contribution in [1.82, 2.24) is 4.90 Å². The van der Waals surface area contributed by atoms with Gasteiger partial charge in [-0.3, -0.25) is 14.4 Å². The second-order valence-corrected chi connectivity index (χ2v) is 9.56. The predicted molar refractivity (Wildman–Crippen MR) is 126 cm³/mol. The number of benzene rings is 1. The molecule has 1 aromatic rings. The molecule has 4 rings (SSSR count). The van der Waals surface area contributed by atoms with Gasteiger partial charge in [0.2, 0.25) is 5.91 Å². The van der Waals surface area contributed by atoms with E-state index in [-0.39, 0.29) is 31.6 Å². The second-order valence-electron chi connectivity index (χ2n) is 9.56. The van der Waals surface area contributed by atoms with Gasteiger partial charge in [-0.1, -0.05) is 24.3 Å². The van der Waals surface area contributed by atoms with E-state index >= 15 is 0 Å². The summed E-state index contributed by atoms with van der Waals surface area (Å²) in [4.78, 5) is 44.1. The van der Waals surface area contributed by atoms with Crippen molar-refractivity contribution >= 4 is 23.5 Å². The Kier molecular flexibility index (Phi) is 6.57. The number of hydrogen-bond acceptors (Lipinski definition) is 6. The van der Waals surface area contributed by atoms with E-state index in [1.54, 1.807) is 24.8 Å². The quantitative estimate of drug-likeness (QED) is 0.462. The van der Waals surface area contributed by atoms with Crippen LogP contribution in [0.5, 0.6) is 0 Å². The van der Waals surface area contributed by atoms with Gasteiger partial charge in [-0.2, -0.15) is 0 Å². The number of amides is 2. The zero-order valence-electron chi connectivity index (χ0n) is 20.3. The zero-order valence-corrected chi connectivity index (χ0v) is 20.3. The van der Waals surface area contributed by atoms with Crippen LogP contribution in [0.15, 0.2) is 30.9 Å². The second kappa shape index (κ2) is 9.15. The van der Waals surface area contributed by atoms with Crippen molar-refractivity contribution in [2.75, 3.05) is 24.7 Å². The maximum atomic E-state index is 14.4. The molecule has 0 radical (unpaired) electrons. The fourth-order valence-corrected chi connectivity index (χ4v) is 6.24. The Morgan fingerprint density at radius 3 is 2.65 bits per heavy atom. The molecule has 0 aromatic heterocycles. The van der Waals surface area contributed by atoms with Crippen LogP contribution in [0.4, 0.5) is 5.69 Å². The van der Waals surface area contributed by atoms with Crippen molar-refractivity contribution in [3.63, 3.8) is 0 Å². The standard InChI is InChI=1S/C26H34N2O6/c1-6-13-27(21-15(3)9-8-10-16(21)4)24(31)22-26-12-11-18(34-26)19(25(32)33-7-2)20(26)23(30)28(22)17(5)14-29/h6,8-10,17-20,22,29H,1,7,11-14H2,2-5H3/t17-,18+,19-,20-,22+,26-/m1/s1. The van der Waals surface area contributed by atoms with E-state index < -0.39 is 41.6 Å². The predicted octanol–water partition coefficient (Wildman–Crippen LogP) is 2.14. The van der Waals surface area contributed by atoms with E-state index in [2.05, 4.69) is 6.58 Å². The minimum Gasteiger partial charge on any atom is -0.466 e. The molecule has 2 bridgehead atoms. The summed E-state index contributed by atoms with van der Waals surface area (Å²) in [5.74, 6) is -2.65. The highest BCUT2D eigenvalue weighted by Gasteiger charge is 2.75. The van der Waals surface area contributed by atoms with Crippen LogP contribution in [0.1, 0.15) is 37.8 Å². The van der Waals surface area contributed by atoms with E-state index in [0.29, 0.717) is 12.8 Å². The first-order valence-corrected chi connectivity index (χ1v) is 12.0. The zero-order chi connectivity index (χ0) is 24.8. The monoisotopic (exact) mass is 470 g/mol. The van der Waals surface area contributed by atoms with Gasteiger partial charge >= 0.3 is 5.97 Å². The summed E-state index contributed by atoms with van der Waals surface area (Å²) in [5, 5.41) is 9.98. The fourth-order valence-electron chi connectivity index (χ4n) is 6.24. The number of anilines is 1. The van der Waals surface area contributed by atoms with Crippen molar-refractivity contribution in [3.8, 4) is 0 Å². The summed E-state index contributed by atoms with van der Waals surface area (Å²) in [6.45, 7) is 11.3. The Hall–Kier alpha value is -2.71. The van der Waals surface area contributed by atoms with Gasteiger partial charge in [-0.05, 0) is 51.7 Å². The normalized spacial score (nSPS) is 30.3. The Labute approximate surface area is 200 Å². The number of carbonyl (C=O) groups is 3. The number of hydrogen-bond donors (Lipinski definition) is 1. The molecule has 0 unspecified atom stereocenters. The lowest BCUT2D eigenvalue weighted by Gasteiger charge is -2.39. The molecule has 0 saturated carbocycles. The molecule has 1 aromatic carbocycles. The van der Waals surface area contributed by atoms with Crippen LogP contribution in [-0.4, -0.2) is 71.3 Å². The molecular formula is C26H34N2O6. The summed E-state index contributed by atoms with van der Waals surface area (Å²) in [5.41, 5.74) is 1.49. The average Bonchev–Trinajstić information content (AvgIpc) is 3.45. The van der Waals surface area contributed by atoms with Crippen LogP contribution in [-0.2, 0) is 23.9 Å². The van der Waals surface area contributed by atoms with Gasteiger partial charge in [0.25, 0.3) is 5.91 Å². The number of ether oxygens (including phenoxy) is 2. The smallest absolute Gasteiger partial charge is 0.312 e. The molecule has 3 heterocycles. The molecule has 184 valence electrons. The number of aryl methyl sites for hydroxylation is 2. The molecular weight excluding hydrogens is 436 g/mol. The molecule has 3 fully saturated rings. The Morgan fingerprint density at radius 2 is 2.06 bits per heavy atom. The van der Waals surface area contributed by atoms with Crippen LogP contribution >= 0.6 is 0 Å². The van der Waals surface area contributed by atoms with Gasteiger partial charge in [-0.25, -0.2) is 0 Å². The molecule has 34 heavy (non-hydrogen) atoms. The molecule has 3 aliphatic heterocycles. The first-order chi connectivity index (χ1) is 16.2. The molecule has 6 atom stereocenters. The number of fused-ring (bicyclic) bond motifs is 1. The van der Waals surface area contributed by atoms with Gasteiger partial charge in [0.05, 0.1) is 37.2 Å². The lowest BCUT2D eigenvalue weighted by molar-refractivity contribution is -0.155. The SMILES string of the molecule is C=CCN(C(=O)[C@@H]1N([C@H](C)CO)C(=O)[C@H]2[C@H](C(=O)OCC)[C@@H]3CC[C@]12O3)c1c(C)cccc1C. The van der Waals surface area contributed by atoms with Crippen LogP contribution in [0.25, 0.3) is 0 Å². The van der Waals surface area contributed by atoms with E-state index in [9.17, 15) is 19.5 Å². The molecule has 3 aliphatic rings. The van der Waals surface area contributed by atoms with Crippen molar-refractivity contribution in [1.29, 1.82) is 0 Å². The van der Waals surface area contributed by atoms with Crippen LogP contribution in [0.2, 0.25) is 0 Å². The van der Waals surface area contributed by atoms with Crippen molar-refractivity contribution in [2.45, 2.75) is 64.3 Å². The average molecular weight is 471 g/mol. The highest BCUT2D eigenvalue weighted by Crippen LogP contribution is 2.59. The number of esters is 1. The highest BCUT2D eigenvalue weighted by atomic mass is 16.6. The maximum Gasteiger partial charge on any atom is 0.312 e. The van der Waals surface area contributed by atoms with Gasteiger partial charge in [0.15, 0.2) is 0 Å². The molecule has 0 aliphatic carbocycles. The largest absolute Gasteiger partial charge is 0.466 e. The number of nitrogens with zero attached hydrogens (tertiary/aromatic N) is 2. The Morgan fingerprint density at radius 1 is 1.38 bits per heavy atom. The number of carbonyl (C=O) groups excluding carboxylic acids is 3.